The second kappa shape index (κ2) is 7.24. The zero-order valence-corrected chi connectivity index (χ0v) is 15.3. The molecule has 0 unspecified atom stereocenters. The summed E-state index contributed by atoms with van der Waals surface area (Å²) < 4.78 is 18.0. The van der Waals surface area contributed by atoms with Gasteiger partial charge in [0.05, 0.1) is 46.3 Å². The highest BCUT2D eigenvalue weighted by Gasteiger charge is 2.18. The Hall–Kier alpha value is -3.52. The van der Waals surface area contributed by atoms with Crippen molar-refractivity contribution in [2.24, 2.45) is 0 Å². The third kappa shape index (κ3) is 3.37. The molecule has 0 spiro atoms. The lowest BCUT2D eigenvalue weighted by molar-refractivity contribution is 0.187. The van der Waals surface area contributed by atoms with Crippen molar-refractivity contribution in [1.82, 2.24) is 19.9 Å². The Labute approximate surface area is 163 Å². The van der Waals surface area contributed by atoms with Gasteiger partial charge in [-0.3, -0.25) is 15.3 Å². The SMILES string of the molecule is COC(=O)Nc1cc(-c2[nH]c3cc(Cl)cnc3c2-c2ccc(F)cn2)ccn1. The van der Waals surface area contributed by atoms with Crippen LogP contribution in [-0.2, 0) is 4.74 Å². The second-order valence-corrected chi connectivity index (χ2v) is 6.27. The van der Waals surface area contributed by atoms with E-state index in [1.807, 2.05) is 0 Å². The van der Waals surface area contributed by atoms with Crippen LogP contribution in [0.2, 0.25) is 5.02 Å². The van der Waals surface area contributed by atoms with Gasteiger partial charge < -0.3 is 9.72 Å². The van der Waals surface area contributed by atoms with Crippen LogP contribution in [0, 0.1) is 5.82 Å². The summed E-state index contributed by atoms with van der Waals surface area (Å²) >= 11 is 6.07. The third-order valence-corrected chi connectivity index (χ3v) is 4.26. The molecule has 0 aliphatic heterocycles. The zero-order valence-electron chi connectivity index (χ0n) is 14.5. The molecular formula is C19H13ClFN5O2. The van der Waals surface area contributed by atoms with Crippen molar-refractivity contribution in [2.75, 3.05) is 12.4 Å². The zero-order chi connectivity index (χ0) is 19.7. The number of halogens is 2. The Bertz CT molecular complexity index is 1180. The Morgan fingerprint density at radius 3 is 2.79 bits per heavy atom. The molecule has 0 bridgehead atoms. The van der Waals surface area contributed by atoms with E-state index in [0.717, 1.165) is 11.8 Å². The maximum atomic E-state index is 13.4. The number of hydrogen-bond acceptors (Lipinski definition) is 5. The van der Waals surface area contributed by atoms with E-state index in [0.29, 0.717) is 38.8 Å². The summed E-state index contributed by atoms with van der Waals surface area (Å²) in [4.78, 5) is 27.5. The first-order chi connectivity index (χ1) is 13.5. The molecule has 2 N–H and O–H groups in total. The van der Waals surface area contributed by atoms with Crippen molar-refractivity contribution >= 4 is 34.5 Å². The number of nitrogens with one attached hydrogen (secondary N) is 2. The summed E-state index contributed by atoms with van der Waals surface area (Å²) in [6.07, 6.45) is 3.60. The summed E-state index contributed by atoms with van der Waals surface area (Å²) in [7, 11) is 1.27. The van der Waals surface area contributed by atoms with Crippen molar-refractivity contribution in [1.29, 1.82) is 0 Å². The first kappa shape index (κ1) is 17.9. The first-order valence-corrected chi connectivity index (χ1v) is 8.53. The minimum Gasteiger partial charge on any atom is -0.453 e. The van der Waals surface area contributed by atoms with Gasteiger partial charge in [-0.2, -0.15) is 0 Å². The predicted octanol–water partition coefficient (Wildman–Crippen LogP) is 4.66. The number of fused-ring (bicyclic) bond motifs is 1. The molecule has 0 saturated heterocycles. The van der Waals surface area contributed by atoms with E-state index >= 15 is 0 Å². The van der Waals surface area contributed by atoms with Crippen LogP contribution < -0.4 is 5.32 Å². The second-order valence-electron chi connectivity index (χ2n) is 5.83. The Morgan fingerprint density at radius 2 is 2.04 bits per heavy atom. The van der Waals surface area contributed by atoms with Crippen molar-refractivity contribution in [3.05, 3.63) is 59.8 Å². The monoisotopic (exact) mass is 397 g/mol. The van der Waals surface area contributed by atoms with Crippen LogP contribution in [0.3, 0.4) is 0 Å². The number of methoxy groups -OCH3 is 1. The van der Waals surface area contributed by atoms with E-state index in [1.165, 1.54) is 19.4 Å². The molecule has 9 heteroatoms. The normalized spacial score (nSPS) is 10.8. The Balaban J connectivity index is 1.91. The van der Waals surface area contributed by atoms with Crippen LogP contribution in [-0.4, -0.2) is 33.1 Å². The lowest BCUT2D eigenvalue weighted by Crippen LogP contribution is -2.11. The first-order valence-electron chi connectivity index (χ1n) is 8.15. The number of anilines is 1. The Kier molecular flexibility index (Phi) is 4.62. The summed E-state index contributed by atoms with van der Waals surface area (Å²) in [5, 5.41) is 3.00. The third-order valence-electron chi connectivity index (χ3n) is 4.05. The number of carbonyl (C=O) groups excluding carboxylic acids is 1. The van der Waals surface area contributed by atoms with Crippen LogP contribution >= 0.6 is 11.6 Å². The van der Waals surface area contributed by atoms with Crippen molar-refractivity contribution in [2.45, 2.75) is 0 Å². The van der Waals surface area contributed by atoms with Crippen LogP contribution in [0.25, 0.3) is 33.5 Å². The Morgan fingerprint density at radius 1 is 1.18 bits per heavy atom. The fourth-order valence-corrected chi connectivity index (χ4v) is 3.01. The van der Waals surface area contributed by atoms with Gasteiger partial charge in [0, 0.05) is 18.0 Å². The van der Waals surface area contributed by atoms with E-state index in [1.54, 1.807) is 30.5 Å². The highest BCUT2D eigenvalue weighted by Crippen LogP contribution is 2.37. The average Bonchev–Trinajstić information content (AvgIpc) is 3.07. The number of nitrogens with zero attached hydrogens (tertiary/aromatic N) is 3. The summed E-state index contributed by atoms with van der Waals surface area (Å²) in [6.45, 7) is 0. The summed E-state index contributed by atoms with van der Waals surface area (Å²) in [6, 6.07) is 8.09. The molecule has 1 amide bonds. The number of pyridine rings is 3. The quantitative estimate of drug-likeness (QED) is 0.524. The van der Waals surface area contributed by atoms with Crippen LogP contribution in [0.15, 0.2) is 48.9 Å². The molecule has 0 fully saturated rings. The number of aromatic nitrogens is 4. The van der Waals surface area contributed by atoms with Gasteiger partial charge in [0.15, 0.2) is 0 Å². The summed E-state index contributed by atoms with van der Waals surface area (Å²) in [5.74, 6) is -0.123. The lowest BCUT2D eigenvalue weighted by atomic mass is 10.0. The molecule has 0 aliphatic carbocycles. The molecule has 140 valence electrons. The number of H-pyrrole nitrogens is 1. The van der Waals surface area contributed by atoms with E-state index in [2.05, 4.69) is 30.0 Å². The summed E-state index contributed by atoms with van der Waals surface area (Å²) in [5.41, 5.74) is 3.95. The standard InChI is InChI=1S/C19H13ClFN5O2/c1-28-19(27)26-15-6-10(4-5-22-15)17-16(13-3-2-12(21)9-23-13)18-14(25-17)7-11(20)8-24-18/h2-9,25H,1H3,(H,22,26,27). The van der Waals surface area contributed by atoms with Crippen LogP contribution in [0.1, 0.15) is 0 Å². The van der Waals surface area contributed by atoms with Gasteiger partial charge in [0.25, 0.3) is 0 Å². The number of ether oxygens (including phenoxy) is 1. The molecule has 0 aliphatic rings. The number of amides is 1. The van der Waals surface area contributed by atoms with Gasteiger partial charge in [0.2, 0.25) is 0 Å². The van der Waals surface area contributed by atoms with Gasteiger partial charge >= 0.3 is 6.09 Å². The smallest absolute Gasteiger partial charge is 0.412 e. The number of hydrogen-bond donors (Lipinski definition) is 2. The van der Waals surface area contributed by atoms with Crippen LogP contribution in [0.4, 0.5) is 15.0 Å². The van der Waals surface area contributed by atoms with Gasteiger partial charge in [-0.05, 0) is 30.3 Å². The average molecular weight is 398 g/mol. The molecule has 0 aromatic carbocycles. The van der Waals surface area contributed by atoms with Gasteiger partial charge in [0.1, 0.15) is 11.6 Å². The van der Waals surface area contributed by atoms with Gasteiger partial charge in [-0.15, -0.1) is 0 Å². The van der Waals surface area contributed by atoms with Gasteiger partial charge in [-0.1, -0.05) is 11.6 Å². The largest absolute Gasteiger partial charge is 0.453 e. The molecule has 4 rings (SSSR count). The predicted molar refractivity (Wildman–Crippen MR) is 104 cm³/mol. The minimum atomic E-state index is -0.629. The molecule has 0 radical (unpaired) electrons. The van der Waals surface area contributed by atoms with E-state index in [4.69, 9.17) is 11.6 Å². The van der Waals surface area contributed by atoms with Crippen molar-refractivity contribution in [3.63, 3.8) is 0 Å². The highest BCUT2D eigenvalue weighted by atomic mass is 35.5. The van der Waals surface area contributed by atoms with Crippen molar-refractivity contribution < 1.29 is 13.9 Å². The van der Waals surface area contributed by atoms with Crippen LogP contribution in [0.5, 0.6) is 0 Å². The minimum absolute atomic E-state index is 0.312. The molecule has 0 saturated carbocycles. The number of rotatable bonds is 3. The fraction of sp³-hybridized carbons (Fsp3) is 0.0526. The molecule has 7 nitrogen and oxygen atoms in total. The lowest BCUT2D eigenvalue weighted by Gasteiger charge is -2.07. The van der Waals surface area contributed by atoms with Gasteiger partial charge in [-0.25, -0.2) is 14.2 Å². The van der Waals surface area contributed by atoms with E-state index in [-0.39, 0.29) is 0 Å². The number of aromatic amines is 1. The van der Waals surface area contributed by atoms with Crippen molar-refractivity contribution in [3.8, 4) is 22.5 Å². The topological polar surface area (TPSA) is 92.8 Å². The fourth-order valence-electron chi connectivity index (χ4n) is 2.85. The molecule has 4 aromatic heterocycles. The maximum absolute atomic E-state index is 13.4. The number of carbonyl (C=O) groups is 1. The molecular weight excluding hydrogens is 385 g/mol. The van der Waals surface area contributed by atoms with E-state index < -0.39 is 11.9 Å². The highest BCUT2D eigenvalue weighted by molar-refractivity contribution is 6.31. The maximum Gasteiger partial charge on any atom is 0.412 e. The molecule has 4 heterocycles. The van der Waals surface area contributed by atoms with E-state index in [9.17, 15) is 9.18 Å². The molecule has 0 atom stereocenters. The molecule has 4 aromatic rings. The molecule has 28 heavy (non-hydrogen) atoms.